The molecule has 0 amide bonds. The second-order valence-electron chi connectivity index (χ2n) is 4.41. The molecule has 0 spiro atoms. The number of methoxy groups -OCH3 is 2. The van der Waals surface area contributed by atoms with E-state index in [2.05, 4.69) is 31.3 Å². The Labute approximate surface area is 104 Å². The van der Waals surface area contributed by atoms with Crippen LogP contribution in [0.2, 0.25) is 0 Å². The first-order valence-electron chi connectivity index (χ1n) is 6.03. The molecule has 0 bridgehead atoms. The monoisotopic (exact) mass is 237 g/mol. The summed E-state index contributed by atoms with van der Waals surface area (Å²) in [4.78, 5) is 0. The minimum absolute atomic E-state index is 0.428. The summed E-state index contributed by atoms with van der Waals surface area (Å²) in [5, 5.41) is 3.15. The molecule has 0 saturated carbocycles. The fourth-order valence-electron chi connectivity index (χ4n) is 1.89. The summed E-state index contributed by atoms with van der Waals surface area (Å²) >= 11 is 0. The van der Waals surface area contributed by atoms with E-state index in [0.717, 1.165) is 24.5 Å². The molecule has 1 N–H and O–H groups in total. The van der Waals surface area contributed by atoms with Gasteiger partial charge in [-0.3, -0.25) is 0 Å². The molecule has 1 aromatic carbocycles. The van der Waals surface area contributed by atoms with Crippen LogP contribution in [0.5, 0.6) is 11.5 Å². The molecule has 1 aromatic rings. The van der Waals surface area contributed by atoms with Gasteiger partial charge < -0.3 is 14.8 Å². The summed E-state index contributed by atoms with van der Waals surface area (Å²) in [7, 11) is 5.39. The third-order valence-corrected chi connectivity index (χ3v) is 2.90. The molecule has 3 heteroatoms. The van der Waals surface area contributed by atoms with Crippen molar-refractivity contribution in [2.24, 2.45) is 0 Å². The van der Waals surface area contributed by atoms with E-state index in [0.29, 0.717) is 5.92 Å². The van der Waals surface area contributed by atoms with E-state index in [1.807, 2.05) is 7.05 Å². The summed E-state index contributed by atoms with van der Waals surface area (Å²) in [5.74, 6) is 2.33. The van der Waals surface area contributed by atoms with Gasteiger partial charge in [-0.2, -0.15) is 0 Å². The van der Waals surface area contributed by atoms with Gasteiger partial charge in [-0.25, -0.2) is 0 Å². The number of nitrogens with one attached hydrogen (secondary N) is 1. The quantitative estimate of drug-likeness (QED) is 0.825. The van der Waals surface area contributed by atoms with E-state index in [-0.39, 0.29) is 0 Å². The molecule has 96 valence electrons. The highest BCUT2D eigenvalue weighted by molar-refractivity contribution is 5.48. The van der Waals surface area contributed by atoms with Crippen LogP contribution < -0.4 is 14.8 Å². The second-order valence-corrected chi connectivity index (χ2v) is 4.41. The first-order chi connectivity index (χ1) is 8.13. The summed E-state index contributed by atoms with van der Waals surface area (Å²) in [6, 6.07) is 4.18. The topological polar surface area (TPSA) is 30.5 Å². The van der Waals surface area contributed by atoms with Gasteiger partial charge in [0.25, 0.3) is 0 Å². The van der Waals surface area contributed by atoms with Crippen LogP contribution >= 0.6 is 0 Å². The van der Waals surface area contributed by atoms with Gasteiger partial charge in [-0.1, -0.05) is 13.8 Å². The molecular weight excluding hydrogens is 214 g/mol. The average Bonchev–Trinajstić information content (AvgIpc) is 2.34. The van der Waals surface area contributed by atoms with Crippen LogP contribution in [0.15, 0.2) is 12.1 Å². The molecule has 0 saturated heterocycles. The number of ether oxygens (including phenoxy) is 2. The van der Waals surface area contributed by atoms with Crippen LogP contribution in [0, 0.1) is 0 Å². The van der Waals surface area contributed by atoms with Gasteiger partial charge in [0.15, 0.2) is 0 Å². The Morgan fingerprint density at radius 1 is 1.12 bits per heavy atom. The maximum Gasteiger partial charge on any atom is 0.122 e. The van der Waals surface area contributed by atoms with Gasteiger partial charge in [0.05, 0.1) is 14.2 Å². The van der Waals surface area contributed by atoms with Gasteiger partial charge in [0.2, 0.25) is 0 Å². The van der Waals surface area contributed by atoms with E-state index < -0.39 is 0 Å². The predicted molar refractivity (Wildman–Crippen MR) is 71.3 cm³/mol. The van der Waals surface area contributed by atoms with Crippen molar-refractivity contribution in [1.82, 2.24) is 5.32 Å². The number of benzene rings is 1. The van der Waals surface area contributed by atoms with Crippen LogP contribution in [-0.2, 0) is 6.42 Å². The van der Waals surface area contributed by atoms with Gasteiger partial charge >= 0.3 is 0 Å². The Morgan fingerprint density at radius 3 is 2.24 bits per heavy atom. The zero-order chi connectivity index (χ0) is 12.8. The molecule has 1 rings (SSSR count). The lowest BCUT2D eigenvalue weighted by atomic mass is 9.98. The van der Waals surface area contributed by atoms with Crippen LogP contribution in [0.25, 0.3) is 0 Å². The van der Waals surface area contributed by atoms with Crippen LogP contribution in [0.3, 0.4) is 0 Å². The van der Waals surface area contributed by atoms with Gasteiger partial charge in [0, 0.05) is 5.56 Å². The zero-order valence-corrected chi connectivity index (χ0v) is 11.5. The molecule has 0 heterocycles. The fourth-order valence-corrected chi connectivity index (χ4v) is 1.89. The Hall–Kier alpha value is -1.22. The molecule has 0 atom stereocenters. The van der Waals surface area contributed by atoms with Crippen molar-refractivity contribution in [1.29, 1.82) is 0 Å². The summed E-state index contributed by atoms with van der Waals surface area (Å²) < 4.78 is 10.9. The Kier molecular flexibility index (Phi) is 5.29. The number of hydrogen-bond acceptors (Lipinski definition) is 3. The number of hydrogen-bond donors (Lipinski definition) is 1. The molecule has 0 aliphatic carbocycles. The van der Waals surface area contributed by atoms with Crippen LogP contribution in [0.1, 0.15) is 30.9 Å². The Morgan fingerprint density at radius 2 is 1.76 bits per heavy atom. The highest BCUT2D eigenvalue weighted by Crippen LogP contribution is 2.33. The van der Waals surface area contributed by atoms with Crippen molar-refractivity contribution in [3.8, 4) is 11.5 Å². The third kappa shape index (κ3) is 3.37. The van der Waals surface area contributed by atoms with Crippen molar-refractivity contribution in [2.75, 3.05) is 27.8 Å². The fraction of sp³-hybridized carbons (Fsp3) is 0.571. The highest BCUT2D eigenvalue weighted by atomic mass is 16.5. The van der Waals surface area contributed by atoms with E-state index >= 15 is 0 Å². The molecule has 0 radical (unpaired) electrons. The maximum absolute atomic E-state index is 5.45. The molecular formula is C14H23NO2. The minimum Gasteiger partial charge on any atom is -0.496 e. The predicted octanol–water partition coefficient (Wildman–Crippen LogP) is 2.59. The summed E-state index contributed by atoms with van der Waals surface area (Å²) in [6.45, 7) is 5.25. The highest BCUT2D eigenvalue weighted by Gasteiger charge is 2.13. The van der Waals surface area contributed by atoms with Crippen LogP contribution in [0.4, 0.5) is 0 Å². The molecule has 0 unspecified atom stereocenters. The SMILES string of the molecule is CNCCc1cc(OC)c(C(C)C)cc1OC. The molecule has 0 fully saturated rings. The summed E-state index contributed by atoms with van der Waals surface area (Å²) in [6.07, 6.45) is 0.939. The molecule has 0 aliphatic rings. The van der Waals surface area contributed by atoms with Crippen molar-refractivity contribution in [3.63, 3.8) is 0 Å². The van der Waals surface area contributed by atoms with Crippen molar-refractivity contribution < 1.29 is 9.47 Å². The van der Waals surface area contributed by atoms with Crippen molar-refractivity contribution in [3.05, 3.63) is 23.3 Å². The van der Waals surface area contributed by atoms with Gasteiger partial charge in [-0.05, 0) is 43.6 Å². The Balaban J connectivity index is 3.13. The first kappa shape index (κ1) is 13.8. The van der Waals surface area contributed by atoms with Crippen LogP contribution in [-0.4, -0.2) is 27.8 Å². The number of likely N-dealkylation sites (N-methyl/N-ethyl adjacent to an activating group) is 1. The average molecular weight is 237 g/mol. The third-order valence-electron chi connectivity index (χ3n) is 2.90. The lowest BCUT2D eigenvalue weighted by molar-refractivity contribution is 0.393. The first-order valence-corrected chi connectivity index (χ1v) is 6.03. The lowest BCUT2D eigenvalue weighted by Gasteiger charge is -2.16. The number of rotatable bonds is 6. The zero-order valence-electron chi connectivity index (χ0n) is 11.5. The largest absolute Gasteiger partial charge is 0.496 e. The summed E-state index contributed by atoms with van der Waals surface area (Å²) in [5.41, 5.74) is 2.38. The molecule has 17 heavy (non-hydrogen) atoms. The lowest BCUT2D eigenvalue weighted by Crippen LogP contribution is -2.11. The molecule has 0 aromatic heterocycles. The normalized spacial score (nSPS) is 10.7. The van der Waals surface area contributed by atoms with E-state index in [1.165, 1.54) is 11.1 Å². The van der Waals surface area contributed by atoms with Crippen molar-refractivity contribution >= 4 is 0 Å². The van der Waals surface area contributed by atoms with E-state index in [4.69, 9.17) is 9.47 Å². The van der Waals surface area contributed by atoms with Crippen molar-refractivity contribution in [2.45, 2.75) is 26.2 Å². The smallest absolute Gasteiger partial charge is 0.122 e. The molecule has 3 nitrogen and oxygen atoms in total. The molecule has 0 aliphatic heterocycles. The maximum atomic E-state index is 5.45. The Bertz CT molecular complexity index is 361. The standard InChI is InChI=1S/C14H23NO2/c1-10(2)12-9-13(16-4)11(6-7-15-3)8-14(12)17-5/h8-10,15H,6-7H2,1-5H3. The van der Waals surface area contributed by atoms with E-state index in [9.17, 15) is 0 Å². The van der Waals surface area contributed by atoms with E-state index in [1.54, 1.807) is 14.2 Å². The second kappa shape index (κ2) is 6.50. The minimum atomic E-state index is 0.428. The van der Waals surface area contributed by atoms with Gasteiger partial charge in [-0.15, -0.1) is 0 Å². The van der Waals surface area contributed by atoms with Gasteiger partial charge in [0.1, 0.15) is 11.5 Å².